The lowest BCUT2D eigenvalue weighted by Crippen LogP contribution is -2.53. The first-order valence-corrected chi connectivity index (χ1v) is 11.2. The number of pyridine rings is 1. The SMILES string of the molecule is CCC1C(C)CC2(O)C(=O)O[C@H](C)C2C1/C=C/c1ccc(-c2ccccc2/C=N/O)cn1. The van der Waals surface area contributed by atoms with Gasteiger partial charge in [0.05, 0.1) is 11.9 Å². The van der Waals surface area contributed by atoms with E-state index in [1.54, 1.807) is 6.20 Å². The molecule has 6 nitrogen and oxygen atoms in total. The Morgan fingerprint density at radius 1 is 1.25 bits per heavy atom. The summed E-state index contributed by atoms with van der Waals surface area (Å²) in [4.78, 5) is 17.0. The number of nitrogens with zero attached hydrogens (tertiary/aromatic N) is 2. The van der Waals surface area contributed by atoms with Crippen molar-refractivity contribution in [3.63, 3.8) is 0 Å². The molecule has 0 spiro atoms. The normalized spacial score (nSPS) is 32.4. The molecule has 6 atom stereocenters. The van der Waals surface area contributed by atoms with Gasteiger partial charge in [-0.3, -0.25) is 4.98 Å². The number of aromatic nitrogens is 1. The second kappa shape index (κ2) is 8.87. The van der Waals surface area contributed by atoms with E-state index in [4.69, 9.17) is 9.94 Å². The Balaban J connectivity index is 1.61. The summed E-state index contributed by atoms with van der Waals surface area (Å²) in [7, 11) is 0. The molecule has 4 rings (SSSR count). The number of carbonyl (C=O) groups excluding carboxylic acids is 1. The van der Waals surface area contributed by atoms with Crippen LogP contribution in [0.4, 0.5) is 0 Å². The Morgan fingerprint density at radius 2 is 2.03 bits per heavy atom. The first-order valence-electron chi connectivity index (χ1n) is 11.2. The standard InChI is InChI=1S/C26H30N2O4/c1-4-21-16(2)13-26(30)24(17(3)32-25(26)29)23(21)12-11-20-10-9-19(14-27-20)22-8-6-5-7-18(22)15-28-31/h5-12,14-17,21,23-24,30-31H,4,13H2,1-3H3/b12-11+,28-15+/t16?,17-,21?,23?,24?,26?/m1/s1. The quantitative estimate of drug-likeness (QED) is 0.312. The number of carbonyl (C=O) groups is 1. The Hall–Kier alpha value is -2.99. The zero-order chi connectivity index (χ0) is 22.9. The van der Waals surface area contributed by atoms with Crippen molar-refractivity contribution in [2.75, 3.05) is 0 Å². The van der Waals surface area contributed by atoms with Gasteiger partial charge >= 0.3 is 5.97 Å². The molecule has 2 aliphatic rings. The molecule has 0 bridgehead atoms. The first kappa shape index (κ1) is 22.2. The predicted octanol–water partition coefficient (Wildman–Crippen LogP) is 4.54. The maximum atomic E-state index is 12.4. The van der Waals surface area contributed by atoms with Gasteiger partial charge < -0.3 is 15.1 Å². The molecule has 6 heteroatoms. The number of benzene rings is 1. The number of ether oxygens (including phenoxy) is 1. The van der Waals surface area contributed by atoms with Crippen LogP contribution < -0.4 is 0 Å². The largest absolute Gasteiger partial charge is 0.460 e. The Kier molecular flexibility index (Phi) is 6.15. The Morgan fingerprint density at radius 3 is 2.72 bits per heavy atom. The van der Waals surface area contributed by atoms with Crippen LogP contribution in [0.15, 0.2) is 53.8 Å². The number of aliphatic hydroxyl groups is 1. The summed E-state index contributed by atoms with van der Waals surface area (Å²) < 4.78 is 5.46. The molecular weight excluding hydrogens is 404 g/mol. The summed E-state index contributed by atoms with van der Waals surface area (Å²) in [5, 5.41) is 23.2. The zero-order valence-corrected chi connectivity index (χ0v) is 18.7. The smallest absolute Gasteiger partial charge is 0.338 e. The van der Waals surface area contributed by atoms with E-state index in [0.29, 0.717) is 12.3 Å². The fourth-order valence-electron chi connectivity index (χ4n) is 5.75. The Bertz CT molecular complexity index is 1030. The van der Waals surface area contributed by atoms with Gasteiger partial charge in [-0.1, -0.05) is 61.8 Å². The molecule has 1 saturated heterocycles. The van der Waals surface area contributed by atoms with Crippen LogP contribution in [0.3, 0.4) is 0 Å². The van der Waals surface area contributed by atoms with E-state index >= 15 is 0 Å². The monoisotopic (exact) mass is 434 g/mol. The van der Waals surface area contributed by atoms with Crippen LogP contribution in [0.1, 0.15) is 44.9 Å². The number of cyclic esters (lactones) is 1. The minimum absolute atomic E-state index is 0.0261. The average molecular weight is 435 g/mol. The maximum Gasteiger partial charge on any atom is 0.338 e. The van der Waals surface area contributed by atoms with Crippen molar-refractivity contribution in [1.82, 2.24) is 4.98 Å². The number of hydrogen-bond donors (Lipinski definition) is 2. The third-order valence-electron chi connectivity index (χ3n) is 7.19. The molecule has 2 N–H and O–H groups in total. The topological polar surface area (TPSA) is 92.0 Å². The van der Waals surface area contributed by atoms with Crippen LogP contribution in [0.5, 0.6) is 0 Å². The van der Waals surface area contributed by atoms with E-state index in [2.05, 4.69) is 30.1 Å². The average Bonchev–Trinajstić information content (AvgIpc) is 3.00. The molecule has 168 valence electrons. The molecule has 1 saturated carbocycles. The van der Waals surface area contributed by atoms with Crippen molar-refractivity contribution >= 4 is 18.3 Å². The Labute approximate surface area is 188 Å². The number of hydrogen-bond acceptors (Lipinski definition) is 6. The second-order valence-corrected chi connectivity index (χ2v) is 9.05. The number of esters is 1. The molecule has 2 heterocycles. The number of rotatable bonds is 5. The van der Waals surface area contributed by atoms with Gasteiger partial charge in [-0.2, -0.15) is 0 Å². The van der Waals surface area contributed by atoms with Gasteiger partial charge in [0.1, 0.15) is 6.10 Å². The third-order valence-corrected chi connectivity index (χ3v) is 7.19. The summed E-state index contributed by atoms with van der Waals surface area (Å²) in [5.41, 5.74) is 2.06. The molecule has 32 heavy (non-hydrogen) atoms. The van der Waals surface area contributed by atoms with Crippen molar-refractivity contribution < 1.29 is 19.8 Å². The van der Waals surface area contributed by atoms with Crippen molar-refractivity contribution in [3.05, 3.63) is 59.9 Å². The van der Waals surface area contributed by atoms with Crippen LogP contribution in [0, 0.1) is 23.7 Å². The lowest BCUT2D eigenvalue weighted by Gasteiger charge is -2.45. The summed E-state index contributed by atoms with van der Waals surface area (Å²) in [5.74, 6) is -0.136. The zero-order valence-electron chi connectivity index (χ0n) is 18.7. The van der Waals surface area contributed by atoms with E-state index in [1.807, 2.05) is 49.4 Å². The van der Waals surface area contributed by atoms with Crippen LogP contribution >= 0.6 is 0 Å². The lowest BCUT2D eigenvalue weighted by molar-refractivity contribution is -0.160. The van der Waals surface area contributed by atoms with E-state index in [0.717, 1.165) is 28.8 Å². The van der Waals surface area contributed by atoms with Crippen LogP contribution in [-0.2, 0) is 9.53 Å². The van der Waals surface area contributed by atoms with Gasteiger partial charge in [-0.05, 0) is 48.8 Å². The minimum Gasteiger partial charge on any atom is -0.460 e. The van der Waals surface area contributed by atoms with Crippen molar-refractivity contribution in [2.24, 2.45) is 28.8 Å². The summed E-state index contributed by atoms with van der Waals surface area (Å²) in [6.07, 6.45) is 8.39. The highest BCUT2D eigenvalue weighted by Crippen LogP contribution is 2.52. The molecule has 1 aliphatic carbocycles. The highest BCUT2D eigenvalue weighted by molar-refractivity contribution is 5.90. The number of fused-ring (bicyclic) bond motifs is 1. The molecule has 0 amide bonds. The highest BCUT2D eigenvalue weighted by Gasteiger charge is 2.62. The first-order chi connectivity index (χ1) is 15.4. The molecule has 1 aromatic heterocycles. The molecule has 1 aliphatic heterocycles. The lowest BCUT2D eigenvalue weighted by atomic mass is 9.59. The number of oxime groups is 1. The van der Waals surface area contributed by atoms with Gasteiger partial charge in [0.2, 0.25) is 0 Å². The van der Waals surface area contributed by atoms with Crippen molar-refractivity contribution in [3.8, 4) is 11.1 Å². The highest BCUT2D eigenvalue weighted by atomic mass is 16.6. The van der Waals surface area contributed by atoms with Gasteiger partial charge in [-0.25, -0.2) is 4.79 Å². The second-order valence-electron chi connectivity index (χ2n) is 9.05. The van der Waals surface area contributed by atoms with Gasteiger partial charge in [0.25, 0.3) is 0 Å². The summed E-state index contributed by atoms with van der Waals surface area (Å²) >= 11 is 0. The van der Waals surface area contributed by atoms with E-state index in [1.165, 1.54) is 6.21 Å². The summed E-state index contributed by atoms with van der Waals surface area (Å²) in [6, 6.07) is 11.6. The molecule has 2 fully saturated rings. The molecule has 1 aromatic carbocycles. The fraction of sp³-hybridized carbons (Fsp3) is 0.423. The minimum atomic E-state index is -1.41. The molecule has 2 aromatic rings. The van der Waals surface area contributed by atoms with Gasteiger partial charge in [0, 0.05) is 23.2 Å². The van der Waals surface area contributed by atoms with Crippen molar-refractivity contribution in [2.45, 2.75) is 45.3 Å². The van der Waals surface area contributed by atoms with E-state index in [-0.39, 0.29) is 23.9 Å². The van der Waals surface area contributed by atoms with E-state index in [9.17, 15) is 9.90 Å². The molecule has 5 unspecified atom stereocenters. The van der Waals surface area contributed by atoms with Crippen molar-refractivity contribution in [1.29, 1.82) is 0 Å². The summed E-state index contributed by atoms with van der Waals surface area (Å²) in [6.45, 7) is 6.15. The third kappa shape index (κ3) is 3.84. The fourth-order valence-corrected chi connectivity index (χ4v) is 5.75. The van der Waals surface area contributed by atoms with E-state index < -0.39 is 11.6 Å². The maximum absolute atomic E-state index is 12.4. The molecule has 0 radical (unpaired) electrons. The predicted molar refractivity (Wildman–Crippen MR) is 123 cm³/mol. The van der Waals surface area contributed by atoms with Crippen LogP contribution in [-0.4, -0.2) is 39.2 Å². The van der Waals surface area contributed by atoms with Crippen LogP contribution in [0.2, 0.25) is 0 Å². The van der Waals surface area contributed by atoms with Gasteiger partial charge in [0.15, 0.2) is 5.60 Å². The van der Waals surface area contributed by atoms with Crippen LogP contribution in [0.25, 0.3) is 17.2 Å². The molecular formula is C26H30N2O4. The van der Waals surface area contributed by atoms with Gasteiger partial charge in [-0.15, -0.1) is 0 Å². The number of allylic oxidation sites excluding steroid dienone is 1.